The number of halogens is 1. The molecule has 2 rings (SSSR count). The van der Waals surface area contributed by atoms with Crippen molar-refractivity contribution in [1.29, 1.82) is 0 Å². The summed E-state index contributed by atoms with van der Waals surface area (Å²) in [6.07, 6.45) is 4.69. The fourth-order valence-corrected chi connectivity index (χ4v) is 2.53. The van der Waals surface area contributed by atoms with Gasteiger partial charge in [-0.3, -0.25) is 4.79 Å². The lowest BCUT2D eigenvalue weighted by Gasteiger charge is -2.31. The van der Waals surface area contributed by atoms with Crippen LogP contribution < -0.4 is 10.6 Å². The molecule has 0 radical (unpaired) electrons. The van der Waals surface area contributed by atoms with Crippen LogP contribution in [0.4, 0.5) is 5.82 Å². The Kier molecular flexibility index (Phi) is 5.24. The third-order valence-corrected chi connectivity index (χ3v) is 4.02. The second-order valence-corrected chi connectivity index (χ2v) is 5.83. The van der Waals surface area contributed by atoms with Crippen molar-refractivity contribution in [2.24, 2.45) is 5.92 Å². The number of hydrogen-bond donors (Lipinski definition) is 2. The van der Waals surface area contributed by atoms with Crippen LogP contribution in [0, 0.1) is 5.92 Å². The molecule has 1 heterocycles. The molecule has 0 spiro atoms. The summed E-state index contributed by atoms with van der Waals surface area (Å²) in [5, 5.41) is 6.55. The highest BCUT2D eigenvalue weighted by molar-refractivity contribution is 6.29. The highest BCUT2D eigenvalue weighted by atomic mass is 35.5. The molecule has 0 saturated heterocycles. The van der Waals surface area contributed by atoms with Gasteiger partial charge in [0.15, 0.2) is 0 Å². The van der Waals surface area contributed by atoms with Crippen molar-refractivity contribution >= 4 is 23.3 Å². The fraction of sp³-hybridized carbons (Fsp3) is 0.600. The van der Waals surface area contributed by atoms with E-state index >= 15 is 0 Å². The number of amides is 1. The van der Waals surface area contributed by atoms with E-state index in [1.165, 1.54) is 19.3 Å². The zero-order chi connectivity index (χ0) is 14.5. The topological polar surface area (TPSA) is 54.0 Å². The predicted molar refractivity (Wildman–Crippen MR) is 82.3 cm³/mol. The maximum atomic E-state index is 12.3. The van der Waals surface area contributed by atoms with E-state index in [4.69, 9.17) is 11.6 Å². The van der Waals surface area contributed by atoms with Crippen molar-refractivity contribution in [1.82, 2.24) is 10.3 Å². The van der Waals surface area contributed by atoms with E-state index in [2.05, 4.69) is 29.5 Å². The molecule has 4 nitrogen and oxygen atoms in total. The Morgan fingerprint density at radius 1 is 1.50 bits per heavy atom. The van der Waals surface area contributed by atoms with Crippen LogP contribution >= 0.6 is 11.6 Å². The normalized spacial score (nSPS) is 16.4. The van der Waals surface area contributed by atoms with E-state index in [1.54, 1.807) is 12.1 Å². The Hall–Kier alpha value is -1.29. The molecule has 1 aromatic heterocycles. The van der Waals surface area contributed by atoms with Crippen LogP contribution in [0.1, 0.15) is 49.9 Å². The number of pyridine rings is 1. The summed E-state index contributed by atoms with van der Waals surface area (Å²) in [6, 6.07) is 3.58. The van der Waals surface area contributed by atoms with Crippen molar-refractivity contribution in [3.63, 3.8) is 0 Å². The molecule has 1 amide bonds. The van der Waals surface area contributed by atoms with E-state index < -0.39 is 0 Å². The van der Waals surface area contributed by atoms with Gasteiger partial charge in [0.05, 0.1) is 0 Å². The van der Waals surface area contributed by atoms with Gasteiger partial charge < -0.3 is 10.6 Å². The number of carbonyl (C=O) groups is 1. The van der Waals surface area contributed by atoms with Gasteiger partial charge in [-0.05, 0) is 44.2 Å². The molecule has 0 bridgehead atoms. The van der Waals surface area contributed by atoms with Crippen LogP contribution in [0.2, 0.25) is 5.15 Å². The molecular weight excluding hydrogens is 274 g/mol. The van der Waals surface area contributed by atoms with Gasteiger partial charge in [0.25, 0.3) is 5.91 Å². The first-order chi connectivity index (χ1) is 9.60. The Bertz CT molecular complexity index is 474. The van der Waals surface area contributed by atoms with Crippen LogP contribution in [0.3, 0.4) is 0 Å². The Morgan fingerprint density at radius 2 is 2.25 bits per heavy atom. The van der Waals surface area contributed by atoms with Crippen molar-refractivity contribution in [3.05, 3.63) is 22.8 Å². The van der Waals surface area contributed by atoms with Gasteiger partial charge in [0.1, 0.15) is 11.0 Å². The molecule has 1 fully saturated rings. The van der Waals surface area contributed by atoms with Crippen molar-refractivity contribution in [2.75, 3.05) is 11.9 Å². The summed E-state index contributed by atoms with van der Waals surface area (Å²) in [4.78, 5) is 16.4. The summed E-state index contributed by atoms with van der Waals surface area (Å²) in [5.41, 5.74) is 0.565. The number of aromatic nitrogens is 1. The molecule has 1 aliphatic rings. The number of carbonyl (C=O) groups excluding carboxylic acids is 1. The third kappa shape index (κ3) is 3.85. The minimum atomic E-state index is -0.0757. The SMILES string of the molecule is CCCNc1cc(C(=O)NC(C)C2CCC2)cc(Cl)n1. The quantitative estimate of drug-likeness (QED) is 0.790. The molecule has 1 atom stereocenters. The molecule has 110 valence electrons. The fourth-order valence-electron chi connectivity index (χ4n) is 2.32. The first-order valence-corrected chi connectivity index (χ1v) is 7.70. The molecule has 1 saturated carbocycles. The Labute approximate surface area is 125 Å². The van der Waals surface area contributed by atoms with Crippen LogP contribution in [0.15, 0.2) is 12.1 Å². The van der Waals surface area contributed by atoms with Gasteiger partial charge in [-0.15, -0.1) is 0 Å². The van der Waals surface area contributed by atoms with E-state index in [9.17, 15) is 4.79 Å². The number of nitrogens with zero attached hydrogens (tertiary/aromatic N) is 1. The van der Waals surface area contributed by atoms with Crippen LogP contribution in [-0.4, -0.2) is 23.5 Å². The second-order valence-electron chi connectivity index (χ2n) is 5.44. The zero-order valence-corrected chi connectivity index (χ0v) is 12.8. The Balaban J connectivity index is 2.02. The van der Waals surface area contributed by atoms with E-state index in [0.29, 0.717) is 22.5 Å². The summed E-state index contributed by atoms with van der Waals surface area (Å²) < 4.78 is 0. The first kappa shape index (κ1) is 15.1. The molecule has 1 unspecified atom stereocenters. The van der Waals surface area contributed by atoms with Crippen molar-refractivity contribution < 1.29 is 4.79 Å². The maximum Gasteiger partial charge on any atom is 0.251 e. The van der Waals surface area contributed by atoms with Gasteiger partial charge in [-0.2, -0.15) is 0 Å². The van der Waals surface area contributed by atoms with Gasteiger partial charge in [-0.25, -0.2) is 4.98 Å². The summed E-state index contributed by atoms with van der Waals surface area (Å²) in [5.74, 6) is 1.20. The van der Waals surface area contributed by atoms with Gasteiger partial charge >= 0.3 is 0 Å². The van der Waals surface area contributed by atoms with Crippen LogP contribution in [0.25, 0.3) is 0 Å². The summed E-state index contributed by atoms with van der Waals surface area (Å²) >= 11 is 5.98. The number of rotatable bonds is 6. The van der Waals surface area contributed by atoms with E-state index in [-0.39, 0.29) is 11.9 Å². The minimum absolute atomic E-state index is 0.0757. The molecule has 0 aromatic carbocycles. The average molecular weight is 296 g/mol. The van der Waals surface area contributed by atoms with Gasteiger partial charge in [0.2, 0.25) is 0 Å². The summed E-state index contributed by atoms with van der Waals surface area (Å²) in [7, 11) is 0. The largest absolute Gasteiger partial charge is 0.370 e. The molecule has 1 aromatic rings. The van der Waals surface area contributed by atoms with Gasteiger partial charge in [0, 0.05) is 18.2 Å². The first-order valence-electron chi connectivity index (χ1n) is 7.32. The number of anilines is 1. The molecule has 1 aliphatic carbocycles. The summed E-state index contributed by atoms with van der Waals surface area (Å²) in [6.45, 7) is 4.96. The smallest absolute Gasteiger partial charge is 0.251 e. The molecule has 2 N–H and O–H groups in total. The van der Waals surface area contributed by atoms with E-state index in [1.807, 2.05) is 0 Å². The third-order valence-electron chi connectivity index (χ3n) is 3.83. The van der Waals surface area contributed by atoms with Crippen molar-refractivity contribution in [3.8, 4) is 0 Å². The predicted octanol–water partition coefficient (Wildman–Crippen LogP) is 3.48. The minimum Gasteiger partial charge on any atom is -0.370 e. The highest BCUT2D eigenvalue weighted by Crippen LogP contribution is 2.29. The molecular formula is C15H22ClN3O. The number of hydrogen-bond acceptors (Lipinski definition) is 3. The van der Waals surface area contributed by atoms with Crippen LogP contribution in [0.5, 0.6) is 0 Å². The molecule has 5 heteroatoms. The monoisotopic (exact) mass is 295 g/mol. The lowest BCUT2D eigenvalue weighted by Crippen LogP contribution is -2.40. The highest BCUT2D eigenvalue weighted by Gasteiger charge is 2.25. The van der Waals surface area contributed by atoms with E-state index in [0.717, 1.165) is 13.0 Å². The Morgan fingerprint density at radius 3 is 2.85 bits per heavy atom. The molecule has 20 heavy (non-hydrogen) atoms. The second kappa shape index (κ2) is 6.93. The standard InChI is InChI=1S/C15H22ClN3O/c1-3-7-17-14-9-12(8-13(16)19-14)15(20)18-10(2)11-5-4-6-11/h8-11H,3-7H2,1-2H3,(H,17,19)(H,18,20). The van der Waals surface area contributed by atoms with Crippen LogP contribution in [-0.2, 0) is 0 Å². The number of nitrogens with one attached hydrogen (secondary N) is 2. The zero-order valence-electron chi connectivity index (χ0n) is 12.1. The average Bonchev–Trinajstić information content (AvgIpc) is 2.33. The maximum absolute atomic E-state index is 12.3. The lowest BCUT2D eigenvalue weighted by molar-refractivity contribution is 0.0909. The lowest BCUT2D eigenvalue weighted by atomic mass is 9.80. The van der Waals surface area contributed by atoms with Gasteiger partial charge in [-0.1, -0.05) is 24.9 Å². The molecule has 0 aliphatic heterocycles. The van der Waals surface area contributed by atoms with Crippen molar-refractivity contribution in [2.45, 2.75) is 45.6 Å².